The van der Waals surface area contributed by atoms with Crippen LogP contribution in [0.5, 0.6) is 0 Å². The molecule has 6 heteroatoms. The molecule has 0 radical (unpaired) electrons. The first kappa shape index (κ1) is 13.1. The Kier molecular flexibility index (Phi) is 4.14. The first-order valence-electron chi connectivity index (χ1n) is 5.10. The van der Waals surface area contributed by atoms with Crippen LogP contribution in [0.25, 0.3) is 0 Å². The highest BCUT2D eigenvalue weighted by Gasteiger charge is 2.38. The molecule has 0 N–H and O–H groups in total. The van der Waals surface area contributed by atoms with Crippen LogP contribution in [-0.4, -0.2) is 42.4 Å². The van der Waals surface area contributed by atoms with Gasteiger partial charge in [-0.15, -0.1) is 6.58 Å². The minimum absolute atomic E-state index is 0.122. The number of rotatable bonds is 2. The van der Waals surface area contributed by atoms with Crippen molar-refractivity contribution in [3.8, 4) is 0 Å². The maximum absolute atomic E-state index is 11.5. The Bertz CT molecular complexity index is 327. The number of carbonyl (C=O) groups excluding carboxylic acids is 2. The van der Waals surface area contributed by atoms with E-state index in [1.165, 1.54) is 36.4 Å². The summed E-state index contributed by atoms with van der Waals surface area (Å²) in [7, 11) is 2.57. The monoisotopic (exact) mass is 240 g/mol. The Labute approximate surface area is 100 Å². The van der Waals surface area contributed by atoms with Gasteiger partial charge in [-0.3, -0.25) is 9.80 Å². The van der Waals surface area contributed by atoms with Crippen LogP contribution in [0.4, 0.5) is 9.59 Å². The molecule has 0 bridgehead atoms. The summed E-state index contributed by atoms with van der Waals surface area (Å²) in [5.41, 5.74) is 0. The van der Waals surface area contributed by atoms with E-state index in [9.17, 15) is 9.59 Å². The quantitative estimate of drug-likeness (QED) is 0.690. The fourth-order valence-electron chi connectivity index (χ4n) is 1.63. The third kappa shape index (κ3) is 2.41. The zero-order valence-corrected chi connectivity index (χ0v) is 10.1. The lowest BCUT2D eigenvalue weighted by Gasteiger charge is -2.31. The van der Waals surface area contributed by atoms with Crippen molar-refractivity contribution in [3.05, 3.63) is 25.1 Å². The van der Waals surface area contributed by atoms with Crippen LogP contribution < -0.4 is 0 Å². The van der Waals surface area contributed by atoms with Crippen LogP contribution in [0, 0.1) is 5.92 Å². The van der Waals surface area contributed by atoms with Gasteiger partial charge in [0.25, 0.3) is 0 Å². The highest BCUT2D eigenvalue weighted by Crippen LogP contribution is 2.24. The lowest BCUT2D eigenvalue weighted by molar-refractivity contribution is 0.0724. The second kappa shape index (κ2) is 5.38. The van der Waals surface area contributed by atoms with Crippen molar-refractivity contribution in [1.29, 1.82) is 0 Å². The minimum Gasteiger partial charge on any atom is -0.452 e. The molecule has 0 saturated heterocycles. The van der Waals surface area contributed by atoms with Gasteiger partial charge >= 0.3 is 12.2 Å². The zero-order chi connectivity index (χ0) is 13.0. The smallest absolute Gasteiger partial charge is 0.415 e. The van der Waals surface area contributed by atoms with Crippen molar-refractivity contribution >= 4 is 12.2 Å². The van der Waals surface area contributed by atoms with Crippen LogP contribution in [0.3, 0.4) is 0 Å². The highest BCUT2D eigenvalue weighted by molar-refractivity contribution is 5.74. The Morgan fingerprint density at radius 3 is 1.94 bits per heavy atom. The van der Waals surface area contributed by atoms with Gasteiger partial charge in [-0.1, -0.05) is 13.0 Å². The SMILES string of the molecule is C=CC(C)C1N(C(=O)OC)C=CN1C(=O)OC. The Balaban J connectivity index is 2.96. The molecule has 0 saturated carbocycles. The first-order valence-corrected chi connectivity index (χ1v) is 5.10. The van der Waals surface area contributed by atoms with Gasteiger partial charge in [0.05, 0.1) is 14.2 Å². The zero-order valence-electron chi connectivity index (χ0n) is 10.1. The number of ether oxygens (including phenoxy) is 2. The number of hydrogen-bond donors (Lipinski definition) is 0. The highest BCUT2D eigenvalue weighted by atomic mass is 16.6. The van der Waals surface area contributed by atoms with E-state index in [1.54, 1.807) is 6.08 Å². The standard InChI is InChI=1S/C11H16N2O4/c1-5-8(2)9-12(10(14)16-3)6-7-13(9)11(15)17-4/h5-9H,1H2,2-4H3. The molecule has 1 heterocycles. The Morgan fingerprint density at radius 1 is 1.24 bits per heavy atom. The molecule has 17 heavy (non-hydrogen) atoms. The molecule has 1 unspecified atom stereocenters. The fourth-order valence-corrected chi connectivity index (χ4v) is 1.63. The summed E-state index contributed by atoms with van der Waals surface area (Å²) in [5.74, 6) is -0.122. The third-order valence-electron chi connectivity index (χ3n) is 2.57. The van der Waals surface area contributed by atoms with E-state index in [-0.39, 0.29) is 5.92 Å². The second-order valence-electron chi connectivity index (χ2n) is 3.56. The van der Waals surface area contributed by atoms with Crippen LogP contribution in [0.15, 0.2) is 25.1 Å². The van der Waals surface area contributed by atoms with Gasteiger partial charge < -0.3 is 9.47 Å². The van der Waals surface area contributed by atoms with Gasteiger partial charge in [-0.25, -0.2) is 9.59 Å². The third-order valence-corrected chi connectivity index (χ3v) is 2.57. The molecule has 0 aromatic heterocycles. The topological polar surface area (TPSA) is 59.1 Å². The van der Waals surface area contributed by atoms with Gasteiger partial charge in [0.1, 0.15) is 6.17 Å². The predicted octanol–water partition coefficient (Wildman–Crippen LogP) is 1.76. The van der Waals surface area contributed by atoms with Crippen molar-refractivity contribution < 1.29 is 19.1 Å². The van der Waals surface area contributed by atoms with Crippen LogP contribution in [-0.2, 0) is 9.47 Å². The molecule has 6 nitrogen and oxygen atoms in total. The van der Waals surface area contributed by atoms with Gasteiger partial charge in [0, 0.05) is 18.3 Å². The summed E-state index contributed by atoms with van der Waals surface area (Å²) in [6.07, 6.45) is 3.04. The van der Waals surface area contributed by atoms with E-state index in [2.05, 4.69) is 16.1 Å². The molecule has 1 atom stereocenters. The van der Waals surface area contributed by atoms with Crippen molar-refractivity contribution in [3.63, 3.8) is 0 Å². The predicted molar refractivity (Wildman–Crippen MR) is 60.8 cm³/mol. The van der Waals surface area contributed by atoms with E-state index in [0.717, 1.165) is 0 Å². The number of nitrogens with zero attached hydrogens (tertiary/aromatic N) is 2. The summed E-state index contributed by atoms with van der Waals surface area (Å²) >= 11 is 0. The van der Waals surface area contributed by atoms with E-state index in [1.807, 2.05) is 6.92 Å². The number of methoxy groups -OCH3 is 2. The summed E-state index contributed by atoms with van der Waals surface area (Å²) < 4.78 is 9.29. The van der Waals surface area contributed by atoms with Crippen molar-refractivity contribution in [2.75, 3.05) is 14.2 Å². The normalized spacial score (nSPS) is 16.9. The molecule has 94 valence electrons. The summed E-state index contributed by atoms with van der Waals surface area (Å²) in [6, 6.07) is 0. The van der Waals surface area contributed by atoms with E-state index < -0.39 is 18.4 Å². The van der Waals surface area contributed by atoms with E-state index >= 15 is 0 Å². The number of amides is 2. The number of hydrogen-bond acceptors (Lipinski definition) is 4. The fraction of sp³-hybridized carbons (Fsp3) is 0.455. The molecule has 0 aromatic carbocycles. The molecule has 0 spiro atoms. The van der Waals surface area contributed by atoms with E-state index in [4.69, 9.17) is 0 Å². The molecule has 0 aromatic rings. The molecular formula is C11H16N2O4. The summed E-state index contributed by atoms with van der Waals surface area (Å²) in [4.78, 5) is 25.7. The molecule has 1 aliphatic rings. The largest absolute Gasteiger partial charge is 0.452 e. The average molecular weight is 240 g/mol. The molecule has 0 fully saturated rings. The van der Waals surface area contributed by atoms with Crippen molar-refractivity contribution in [2.24, 2.45) is 5.92 Å². The van der Waals surface area contributed by atoms with Crippen LogP contribution >= 0.6 is 0 Å². The first-order chi connectivity index (χ1) is 8.06. The maximum Gasteiger partial charge on any atom is 0.415 e. The summed E-state index contributed by atoms with van der Waals surface area (Å²) in [5, 5.41) is 0. The van der Waals surface area contributed by atoms with Crippen LogP contribution in [0.1, 0.15) is 6.92 Å². The maximum atomic E-state index is 11.5. The van der Waals surface area contributed by atoms with Gasteiger partial charge in [0.2, 0.25) is 0 Å². The Hall–Kier alpha value is -1.98. The second-order valence-corrected chi connectivity index (χ2v) is 3.56. The van der Waals surface area contributed by atoms with Crippen molar-refractivity contribution in [1.82, 2.24) is 9.80 Å². The number of carbonyl (C=O) groups is 2. The van der Waals surface area contributed by atoms with Gasteiger partial charge in [-0.05, 0) is 0 Å². The van der Waals surface area contributed by atoms with Gasteiger partial charge in [-0.2, -0.15) is 0 Å². The molecular weight excluding hydrogens is 224 g/mol. The average Bonchev–Trinajstić information content (AvgIpc) is 2.80. The molecule has 2 amide bonds. The molecule has 1 aliphatic heterocycles. The lowest BCUT2D eigenvalue weighted by atomic mass is 10.1. The summed E-state index contributed by atoms with van der Waals surface area (Å²) in [6.45, 7) is 5.50. The van der Waals surface area contributed by atoms with Gasteiger partial charge in [0.15, 0.2) is 0 Å². The molecule has 1 rings (SSSR count). The van der Waals surface area contributed by atoms with E-state index in [0.29, 0.717) is 0 Å². The Morgan fingerprint density at radius 2 is 1.65 bits per heavy atom. The van der Waals surface area contributed by atoms with Crippen LogP contribution in [0.2, 0.25) is 0 Å². The molecule has 0 aliphatic carbocycles. The lowest BCUT2D eigenvalue weighted by Crippen LogP contribution is -2.47. The minimum atomic E-state index is -0.536. The van der Waals surface area contributed by atoms with Crippen molar-refractivity contribution in [2.45, 2.75) is 13.1 Å².